The molecule has 2 aromatic carbocycles. The molecule has 0 atom stereocenters. The number of hydrogen-bond acceptors (Lipinski definition) is 3. The Morgan fingerprint density at radius 1 is 1.09 bits per heavy atom. The Kier molecular flexibility index (Phi) is 5.83. The van der Waals surface area contributed by atoms with Crippen molar-refractivity contribution in [1.82, 2.24) is 0 Å². The SMILES string of the molecule is Cc1ccc(OCCCNc2ccc(CC(=O)O)cc2)cc1. The molecule has 2 aromatic rings. The molecular weight excluding hydrogens is 278 g/mol. The minimum absolute atomic E-state index is 0.0602. The molecule has 22 heavy (non-hydrogen) atoms. The molecule has 0 bridgehead atoms. The summed E-state index contributed by atoms with van der Waals surface area (Å²) in [6.07, 6.45) is 0.954. The maximum atomic E-state index is 10.6. The Morgan fingerprint density at radius 2 is 1.77 bits per heavy atom. The standard InChI is InChI=1S/C18H21NO3/c1-14-3-9-17(10-4-14)22-12-2-11-19-16-7-5-15(6-8-16)13-18(20)21/h3-10,19H,2,11-13H2,1H3,(H,20,21). The highest BCUT2D eigenvalue weighted by Gasteiger charge is 2.00. The first-order valence-corrected chi connectivity index (χ1v) is 7.37. The zero-order valence-corrected chi connectivity index (χ0v) is 12.7. The molecule has 0 aromatic heterocycles. The third-order valence-electron chi connectivity index (χ3n) is 3.25. The molecule has 0 aliphatic carbocycles. The number of carboxylic acids is 1. The van der Waals surface area contributed by atoms with Crippen molar-refractivity contribution in [1.29, 1.82) is 0 Å². The topological polar surface area (TPSA) is 58.6 Å². The Morgan fingerprint density at radius 3 is 2.41 bits per heavy atom. The van der Waals surface area contributed by atoms with E-state index in [4.69, 9.17) is 9.84 Å². The third kappa shape index (κ3) is 5.48. The molecule has 0 saturated carbocycles. The van der Waals surface area contributed by atoms with Crippen LogP contribution in [0, 0.1) is 6.92 Å². The van der Waals surface area contributed by atoms with Crippen molar-refractivity contribution in [2.45, 2.75) is 19.8 Å². The van der Waals surface area contributed by atoms with Crippen LogP contribution in [0.3, 0.4) is 0 Å². The fraction of sp³-hybridized carbons (Fsp3) is 0.278. The van der Waals surface area contributed by atoms with Gasteiger partial charge in [-0.15, -0.1) is 0 Å². The third-order valence-corrected chi connectivity index (χ3v) is 3.25. The number of aliphatic carboxylic acids is 1. The molecule has 0 unspecified atom stereocenters. The Labute approximate surface area is 130 Å². The van der Waals surface area contributed by atoms with E-state index in [0.717, 1.165) is 30.0 Å². The molecule has 0 radical (unpaired) electrons. The second kappa shape index (κ2) is 8.08. The number of hydrogen-bond donors (Lipinski definition) is 2. The number of carbonyl (C=O) groups is 1. The van der Waals surface area contributed by atoms with Gasteiger partial charge in [0, 0.05) is 12.2 Å². The normalized spacial score (nSPS) is 10.2. The van der Waals surface area contributed by atoms with E-state index in [9.17, 15) is 4.79 Å². The minimum Gasteiger partial charge on any atom is -0.494 e. The second-order valence-corrected chi connectivity index (χ2v) is 5.21. The summed E-state index contributed by atoms with van der Waals surface area (Å²) >= 11 is 0. The molecular formula is C18H21NO3. The lowest BCUT2D eigenvalue weighted by Gasteiger charge is -2.09. The molecule has 0 aliphatic heterocycles. The lowest BCUT2D eigenvalue weighted by molar-refractivity contribution is -0.136. The van der Waals surface area contributed by atoms with E-state index in [1.165, 1.54) is 5.56 Å². The molecule has 4 nitrogen and oxygen atoms in total. The van der Waals surface area contributed by atoms with Crippen LogP contribution in [0.15, 0.2) is 48.5 Å². The highest BCUT2D eigenvalue weighted by Crippen LogP contribution is 2.12. The Hall–Kier alpha value is -2.49. The van der Waals surface area contributed by atoms with Gasteiger partial charge in [-0.3, -0.25) is 4.79 Å². The van der Waals surface area contributed by atoms with E-state index in [0.29, 0.717) is 6.61 Å². The van der Waals surface area contributed by atoms with Crippen molar-refractivity contribution < 1.29 is 14.6 Å². The van der Waals surface area contributed by atoms with E-state index < -0.39 is 5.97 Å². The first-order valence-electron chi connectivity index (χ1n) is 7.37. The van der Waals surface area contributed by atoms with Crippen molar-refractivity contribution in [2.75, 3.05) is 18.5 Å². The fourth-order valence-corrected chi connectivity index (χ4v) is 2.04. The first kappa shape index (κ1) is 15.9. The predicted molar refractivity (Wildman–Crippen MR) is 87.6 cm³/mol. The largest absolute Gasteiger partial charge is 0.494 e. The average molecular weight is 299 g/mol. The van der Waals surface area contributed by atoms with E-state index in [1.54, 1.807) is 0 Å². The van der Waals surface area contributed by atoms with Gasteiger partial charge in [-0.1, -0.05) is 29.8 Å². The van der Waals surface area contributed by atoms with Crippen LogP contribution in [0.4, 0.5) is 5.69 Å². The summed E-state index contributed by atoms with van der Waals surface area (Å²) in [6, 6.07) is 15.5. The fourth-order valence-electron chi connectivity index (χ4n) is 2.04. The second-order valence-electron chi connectivity index (χ2n) is 5.21. The van der Waals surface area contributed by atoms with Crippen LogP contribution in [-0.4, -0.2) is 24.2 Å². The molecule has 0 fully saturated rings. The maximum Gasteiger partial charge on any atom is 0.307 e. The molecule has 4 heteroatoms. The van der Waals surface area contributed by atoms with Crippen LogP contribution < -0.4 is 10.1 Å². The summed E-state index contributed by atoms with van der Waals surface area (Å²) in [5.74, 6) is 0.0811. The highest BCUT2D eigenvalue weighted by molar-refractivity contribution is 5.70. The van der Waals surface area contributed by atoms with Gasteiger partial charge in [0.05, 0.1) is 13.0 Å². The van der Waals surface area contributed by atoms with Gasteiger partial charge in [0.1, 0.15) is 5.75 Å². The Balaban J connectivity index is 1.66. The van der Waals surface area contributed by atoms with E-state index in [-0.39, 0.29) is 6.42 Å². The van der Waals surface area contributed by atoms with E-state index in [2.05, 4.69) is 12.2 Å². The molecule has 0 spiro atoms. The predicted octanol–water partition coefficient (Wildman–Crippen LogP) is 3.50. The number of ether oxygens (including phenoxy) is 1. The summed E-state index contributed by atoms with van der Waals surface area (Å²) in [5, 5.41) is 12.0. The van der Waals surface area contributed by atoms with Gasteiger partial charge in [-0.25, -0.2) is 0 Å². The minimum atomic E-state index is -0.811. The van der Waals surface area contributed by atoms with Crippen LogP contribution in [-0.2, 0) is 11.2 Å². The van der Waals surface area contributed by atoms with Crippen LogP contribution >= 0.6 is 0 Å². The van der Waals surface area contributed by atoms with Crippen molar-refractivity contribution in [3.8, 4) is 5.75 Å². The molecule has 0 saturated heterocycles. The number of rotatable bonds is 8. The van der Waals surface area contributed by atoms with Gasteiger partial charge < -0.3 is 15.2 Å². The molecule has 0 aliphatic rings. The van der Waals surface area contributed by atoms with Crippen LogP contribution in [0.25, 0.3) is 0 Å². The van der Waals surface area contributed by atoms with Gasteiger partial charge in [0.15, 0.2) is 0 Å². The highest BCUT2D eigenvalue weighted by atomic mass is 16.5. The molecule has 0 heterocycles. The molecule has 0 amide bonds. The Bertz CT molecular complexity index is 591. The summed E-state index contributed by atoms with van der Waals surface area (Å²) in [4.78, 5) is 10.6. The van der Waals surface area contributed by atoms with E-state index in [1.807, 2.05) is 48.5 Å². The van der Waals surface area contributed by atoms with Gasteiger partial charge >= 0.3 is 5.97 Å². The molecule has 116 valence electrons. The molecule has 2 rings (SSSR count). The van der Waals surface area contributed by atoms with Crippen molar-refractivity contribution in [2.24, 2.45) is 0 Å². The van der Waals surface area contributed by atoms with Gasteiger partial charge in [-0.05, 0) is 43.2 Å². The summed E-state index contributed by atoms with van der Waals surface area (Å²) in [5.41, 5.74) is 3.02. The number of carboxylic acid groups (broad SMARTS) is 1. The van der Waals surface area contributed by atoms with Gasteiger partial charge in [0.2, 0.25) is 0 Å². The van der Waals surface area contributed by atoms with E-state index >= 15 is 0 Å². The number of nitrogens with one attached hydrogen (secondary N) is 1. The maximum absolute atomic E-state index is 10.6. The van der Waals surface area contributed by atoms with Crippen molar-refractivity contribution in [3.05, 3.63) is 59.7 Å². The number of aryl methyl sites for hydroxylation is 1. The summed E-state index contributed by atoms with van der Waals surface area (Å²) < 4.78 is 5.66. The number of anilines is 1. The lowest BCUT2D eigenvalue weighted by atomic mass is 10.1. The zero-order chi connectivity index (χ0) is 15.8. The van der Waals surface area contributed by atoms with Gasteiger partial charge in [-0.2, -0.15) is 0 Å². The first-order chi connectivity index (χ1) is 10.6. The number of benzene rings is 2. The monoisotopic (exact) mass is 299 g/mol. The quantitative estimate of drug-likeness (QED) is 0.732. The summed E-state index contributed by atoms with van der Waals surface area (Å²) in [7, 11) is 0. The van der Waals surface area contributed by atoms with Crippen molar-refractivity contribution >= 4 is 11.7 Å². The zero-order valence-electron chi connectivity index (χ0n) is 12.7. The lowest BCUT2D eigenvalue weighted by Crippen LogP contribution is -2.07. The van der Waals surface area contributed by atoms with Crippen LogP contribution in [0.2, 0.25) is 0 Å². The summed E-state index contributed by atoms with van der Waals surface area (Å²) in [6.45, 7) is 3.52. The smallest absolute Gasteiger partial charge is 0.307 e. The van der Waals surface area contributed by atoms with Gasteiger partial charge in [0.25, 0.3) is 0 Å². The van der Waals surface area contributed by atoms with Crippen LogP contribution in [0.1, 0.15) is 17.5 Å². The average Bonchev–Trinajstić information content (AvgIpc) is 2.50. The van der Waals surface area contributed by atoms with Crippen LogP contribution in [0.5, 0.6) is 5.75 Å². The molecule has 2 N–H and O–H groups in total. The van der Waals surface area contributed by atoms with Crippen molar-refractivity contribution in [3.63, 3.8) is 0 Å².